The van der Waals surface area contributed by atoms with Gasteiger partial charge in [-0.15, -0.1) is 13.2 Å². The molecule has 1 N–H and O–H groups in total. The van der Waals surface area contributed by atoms with Gasteiger partial charge in [0.2, 0.25) is 0 Å². The molecule has 5 nitrogen and oxygen atoms in total. The zero-order valence-electron chi connectivity index (χ0n) is 14.6. The summed E-state index contributed by atoms with van der Waals surface area (Å²) in [6.07, 6.45) is 3.32. The fraction of sp³-hybridized carbons (Fsp3) is 0.143. The third-order valence-corrected chi connectivity index (χ3v) is 3.56. The molecule has 5 heteroatoms. The second-order valence-electron chi connectivity index (χ2n) is 5.51. The molecule has 0 heterocycles. The van der Waals surface area contributed by atoms with E-state index in [0.29, 0.717) is 30.1 Å². The molecule has 26 heavy (non-hydrogen) atoms. The molecule has 0 aliphatic heterocycles. The first kappa shape index (κ1) is 19.0. The molecule has 0 saturated carbocycles. The Bertz CT molecular complexity index is 745. The maximum Gasteiger partial charge on any atom is 0.261 e. The highest BCUT2D eigenvalue weighted by Crippen LogP contribution is 2.16. The molecule has 0 spiro atoms. The summed E-state index contributed by atoms with van der Waals surface area (Å²) in [4.78, 5) is 25.8. The Labute approximate surface area is 153 Å². The van der Waals surface area contributed by atoms with Crippen molar-refractivity contribution < 1.29 is 14.3 Å². The lowest BCUT2D eigenvalue weighted by Crippen LogP contribution is -2.35. The Morgan fingerprint density at radius 3 is 2.15 bits per heavy atom. The first-order valence-electron chi connectivity index (χ1n) is 8.23. The van der Waals surface area contributed by atoms with E-state index in [1.165, 1.54) is 0 Å². The Hall–Kier alpha value is -3.34. The van der Waals surface area contributed by atoms with Gasteiger partial charge in [0.1, 0.15) is 5.75 Å². The number of benzene rings is 2. The van der Waals surface area contributed by atoms with Crippen molar-refractivity contribution in [3.63, 3.8) is 0 Å². The highest BCUT2D eigenvalue weighted by atomic mass is 16.5. The molecule has 0 aliphatic carbocycles. The van der Waals surface area contributed by atoms with Crippen LogP contribution in [0.4, 0.5) is 5.69 Å². The first-order chi connectivity index (χ1) is 12.6. The number of nitrogens with zero attached hydrogens (tertiary/aromatic N) is 1. The summed E-state index contributed by atoms with van der Waals surface area (Å²) in [5.74, 6) is 0.221. The number of anilines is 1. The van der Waals surface area contributed by atoms with Gasteiger partial charge < -0.3 is 15.0 Å². The Balaban J connectivity index is 1.89. The van der Waals surface area contributed by atoms with Crippen LogP contribution in [0.2, 0.25) is 0 Å². The number of carbonyl (C=O) groups excluding carboxylic acids is 2. The van der Waals surface area contributed by atoms with E-state index in [2.05, 4.69) is 18.5 Å². The molecule has 2 aromatic rings. The SMILES string of the molecule is C=CCN(CC=C)C(=O)COc1ccc(NC(=O)c2ccccc2)cc1. The van der Waals surface area contributed by atoms with Gasteiger partial charge in [-0.3, -0.25) is 9.59 Å². The van der Waals surface area contributed by atoms with Crippen LogP contribution < -0.4 is 10.1 Å². The smallest absolute Gasteiger partial charge is 0.261 e. The van der Waals surface area contributed by atoms with E-state index < -0.39 is 0 Å². The number of nitrogens with one attached hydrogen (secondary N) is 1. The number of hydrogen-bond donors (Lipinski definition) is 1. The lowest BCUT2D eigenvalue weighted by Gasteiger charge is -2.19. The summed E-state index contributed by atoms with van der Waals surface area (Å²) >= 11 is 0. The van der Waals surface area contributed by atoms with Crippen LogP contribution in [0.25, 0.3) is 0 Å². The predicted octanol–water partition coefficient (Wildman–Crippen LogP) is 3.52. The summed E-state index contributed by atoms with van der Waals surface area (Å²) in [5.41, 5.74) is 1.24. The molecule has 0 aliphatic rings. The molecule has 0 bridgehead atoms. The van der Waals surface area contributed by atoms with Crippen molar-refractivity contribution in [2.75, 3.05) is 25.0 Å². The number of carbonyl (C=O) groups is 2. The lowest BCUT2D eigenvalue weighted by molar-refractivity contribution is -0.132. The Morgan fingerprint density at radius 2 is 1.58 bits per heavy atom. The largest absolute Gasteiger partial charge is 0.484 e. The average Bonchev–Trinajstić information content (AvgIpc) is 2.67. The first-order valence-corrected chi connectivity index (χ1v) is 8.23. The number of hydrogen-bond acceptors (Lipinski definition) is 3. The van der Waals surface area contributed by atoms with E-state index in [9.17, 15) is 9.59 Å². The summed E-state index contributed by atoms with van der Waals surface area (Å²) in [6.45, 7) is 8.08. The minimum Gasteiger partial charge on any atom is -0.484 e. The van der Waals surface area contributed by atoms with Crippen LogP contribution in [0.1, 0.15) is 10.4 Å². The maximum absolute atomic E-state index is 12.1. The van der Waals surface area contributed by atoms with Gasteiger partial charge in [0.25, 0.3) is 11.8 Å². The van der Waals surface area contributed by atoms with E-state index in [-0.39, 0.29) is 18.4 Å². The zero-order chi connectivity index (χ0) is 18.8. The number of rotatable bonds is 9. The zero-order valence-corrected chi connectivity index (χ0v) is 14.6. The minimum absolute atomic E-state index is 0.0720. The standard InChI is InChI=1S/C21H22N2O3/c1-3-14-23(15-4-2)20(24)16-26-19-12-10-18(11-13-19)22-21(25)17-8-6-5-7-9-17/h3-13H,1-2,14-16H2,(H,22,25). The van der Waals surface area contributed by atoms with E-state index in [4.69, 9.17) is 4.74 Å². The van der Waals surface area contributed by atoms with Crippen molar-refractivity contribution in [1.29, 1.82) is 0 Å². The van der Waals surface area contributed by atoms with Crippen molar-refractivity contribution in [1.82, 2.24) is 4.90 Å². The highest BCUT2D eigenvalue weighted by Gasteiger charge is 2.11. The molecule has 2 aromatic carbocycles. The molecule has 0 atom stereocenters. The normalized spacial score (nSPS) is 9.85. The minimum atomic E-state index is -0.182. The Kier molecular flexibility index (Phi) is 7.18. The summed E-state index contributed by atoms with van der Waals surface area (Å²) in [6, 6.07) is 15.8. The lowest BCUT2D eigenvalue weighted by atomic mass is 10.2. The van der Waals surface area contributed by atoms with Gasteiger partial charge in [-0.1, -0.05) is 30.4 Å². The predicted molar refractivity (Wildman–Crippen MR) is 103 cm³/mol. The maximum atomic E-state index is 12.1. The number of amides is 2. The topological polar surface area (TPSA) is 58.6 Å². The van der Waals surface area contributed by atoms with Crippen LogP contribution in [0.5, 0.6) is 5.75 Å². The molecule has 0 fully saturated rings. The van der Waals surface area contributed by atoms with Crippen molar-refractivity contribution in [2.45, 2.75) is 0 Å². The number of ether oxygens (including phenoxy) is 1. The average molecular weight is 350 g/mol. The van der Waals surface area contributed by atoms with Gasteiger partial charge in [-0.25, -0.2) is 0 Å². The van der Waals surface area contributed by atoms with Gasteiger partial charge in [-0.05, 0) is 36.4 Å². The van der Waals surface area contributed by atoms with Crippen LogP contribution in [0.3, 0.4) is 0 Å². The van der Waals surface area contributed by atoms with Gasteiger partial charge in [-0.2, -0.15) is 0 Å². The fourth-order valence-corrected chi connectivity index (χ4v) is 2.25. The molecule has 0 saturated heterocycles. The van der Waals surface area contributed by atoms with Crippen LogP contribution in [0, 0.1) is 0 Å². The van der Waals surface area contributed by atoms with E-state index in [1.54, 1.807) is 53.5 Å². The van der Waals surface area contributed by atoms with Crippen molar-refractivity contribution in [3.8, 4) is 5.75 Å². The van der Waals surface area contributed by atoms with Crippen LogP contribution in [-0.4, -0.2) is 36.4 Å². The molecule has 2 rings (SSSR count). The summed E-state index contributed by atoms with van der Waals surface area (Å²) in [5, 5.41) is 2.81. The molecule has 134 valence electrons. The third-order valence-electron chi connectivity index (χ3n) is 3.56. The molecule has 0 radical (unpaired) electrons. The summed E-state index contributed by atoms with van der Waals surface area (Å²) < 4.78 is 5.51. The van der Waals surface area contributed by atoms with Crippen molar-refractivity contribution in [2.24, 2.45) is 0 Å². The fourth-order valence-electron chi connectivity index (χ4n) is 2.25. The molecule has 0 aromatic heterocycles. The van der Waals surface area contributed by atoms with E-state index >= 15 is 0 Å². The third kappa shape index (κ3) is 5.63. The Morgan fingerprint density at radius 1 is 0.962 bits per heavy atom. The van der Waals surface area contributed by atoms with Crippen LogP contribution >= 0.6 is 0 Å². The van der Waals surface area contributed by atoms with Crippen LogP contribution in [0.15, 0.2) is 79.9 Å². The molecular formula is C21H22N2O3. The molecule has 2 amide bonds. The molecular weight excluding hydrogens is 328 g/mol. The van der Waals surface area contributed by atoms with Crippen molar-refractivity contribution in [3.05, 3.63) is 85.5 Å². The van der Waals surface area contributed by atoms with E-state index in [0.717, 1.165) is 0 Å². The van der Waals surface area contributed by atoms with Gasteiger partial charge in [0.05, 0.1) is 0 Å². The van der Waals surface area contributed by atoms with Gasteiger partial charge >= 0.3 is 0 Å². The summed E-state index contributed by atoms with van der Waals surface area (Å²) in [7, 11) is 0. The van der Waals surface area contributed by atoms with Gasteiger partial charge in [0, 0.05) is 24.3 Å². The van der Waals surface area contributed by atoms with Gasteiger partial charge in [0.15, 0.2) is 6.61 Å². The van der Waals surface area contributed by atoms with E-state index in [1.807, 2.05) is 18.2 Å². The highest BCUT2D eigenvalue weighted by molar-refractivity contribution is 6.04. The monoisotopic (exact) mass is 350 g/mol. The van der Waals surface area contributed by atoms with Crippen LogP contribution in [-0.2, 0) is 4.79 Å². The second-order valence-corrected chi connectivity index (χ2v) is 5.51. The molecule has 0 unspecified atom stereocenters. The second kappa shape index (κ2) is 9.84. The van der Waals surface area contributed by atoms with Crippen molar-refractivity contribution >= 4 is 17.5 Å². The quantitative estimate of drug-likeness (QED) is 0.704.